The summed E-state index contributed by atoms with van der Waals surface area (Å²) in [5, 5.41) is 0. The number of benzene rings is 1. The normalized spacial score (nSPS) is 32.6. The average Bonchev–Trinajstić information content (AvgIpc) is 2.97. The molecule has 2 nitrogen and oxygen atoms in total. The fraction of sp³-hybridized carbons (Fsp3) is 0.647. The molecule has 3 rings (SSSR count). The fourth-order valence-electron chi connectivity index (χ4n) is 3.99. The van der Waals surface area contributed by atoms with Crippen LogP contribution in [0.5, 0.6) is 0 Å². The Balaban J connectivity index is 1.74. The summed E-state index contributed by atoms with van der Waals surface area (Å²) in [6, 6.07) is 11.9. The number of rotatable bonds is 3. The predicted octanol–water partition coefficient (Wildman–Crippen LogP) is 2.99. The Morgan fingerprint density at radius 1 is 1.05 bits per heavy atom. The Morgan fingerprint density at radius 2 is 1.84 bits per heavy atom. The third-order valence-electron chi connectivity index (χ3n) is 5.08. The monoisotopic (exact) mass is 258 g/mol. The van der Waals surface area contributed by atoms with Crippen molar-refractivity contribution in [3.63, 3.8) is 0 Å². The van der Waals surface area contributed by atoms with Gasteiger partial charge in [-0.1, -0.05) is 43.2 Å². The first-order chi connectivity index (χ1) is 9.38. The largest absolute Gasteiger partial charge is 0.330 e. The summed E-state index contributed by atoms with van der Waals surface area (Å²) in [5.41, 5.74) is 7.39. The van der Waals surface area contributed by atoms with Crippen LogP contribution in [-0.4, -0.2) is 30.6 Å². The van der Waals surface area contributed by atoms with E-state index in [-0.39, 0.29) is 0 Å². The maximum Gasteiger partial charge on any atom is 0.0164 e. The van der Waals surface area contributed by atoms with Gasteiger partial charge in [-0.15, -0.1) is 0 Å². The maximum atomic E-state index is 5.84. The van der Waals surface area contributed by atoms with Gasteiger partial charge < -0.3 is 5.73 Å². The van der Waals surface area contributed by atoms with E-state index in [1.807, 2.05) is 0 Å². The molecule has 0 radical (unpaired) electrons. The Kier molecular flexibility index (Phi) is 4.19. The van der Waals surface area contributed by atoms with Crippen LogP contribution >= 0.6 is 0 Å². The van der Waals surface area contributed by atoms with E-state index < -0.39 is 0 Å². The highest BCUT2D eigenvalue weighted by atomic mass is 15.2. The summed E-state index contributed by atoms with van der Waals surface area (Å²) in [5.74, 6) is 1.48. The minimum Gasteiger partial charge on any atom is -0.330 e. The van der Waals surface area contributed by atoms with Crippen LogP contribution in [0.1, 0.15) is 43.6 Å². The highest BCUT2D eigenvalue weighted by Crippen LogP contribution is 2.37. The second-order valence-corrected chi connectivity index (χ2v) is 6.25. The maximum absolute atomic E-state index is 5.84. The van der Waals surface area contributed by atoms with E-state index in [0.717, 1.165) is 24.4 Å². The van der Waals surface area contributed by atoms with Gasteiger partial charge in [-0.2, -0.15) is 0 Å². The second-order valence-electron chi connectivity index (χ2n) is 6.25. The van der Waals surface area contributed by atoms with Gasteiger partial charge in [0, 0.05) is 12.6 Å². The van der Waals surface area contributed by atoms with Crippen molar-refractivity contribution in [1.82, 2.24) is 4.90 Å². The molecule has 0 bridgehead atoms. The zero-order valence-electron chi connectivity index (χ0n) is 11.8. The molecule has 1 aliphatic carbocycles. The summed E-state index contributed by atoms with van der Waals surface area (Å²) in [6.45, 7) is 3.35. The van der Waals surface area contributed by atoms with Crippen LogP contribution in [0.3, 0.4) is 0 Å². The molecule has 1 aromatic carbocycles. The smallest absolute Gasteiger partial charge is 0.0164 e. The predicted molar refractivity (Wildman–Crippen MR) is 80.2 cm³/mol. The quantitative estimate of drug-likeness (QED) is 0.903. The second kappa shape index (κ2) is 6.06. The summed E-state index contributed by atoms with van der Waals surface area (Å²) in [7, 11) is 0. The summed E-state index contributed by atoms with van der Waals surface area (Å²) < 4.78 is 0. The van der Waals surface area contributed by atoms with Crippen molar-refractivity contribution in [2.24, 2.45) is 11.7 Å². The topological polar surface area (TPSA) is 29.3 Å². The van der Waals surface area contributed by atoms with Crippen molar-refractivity contribution >= 4 is 0 Å². The molecular weight excluding hydrogens is 232 g/mol. The molecular formula is C17H26N2. The third-order valence-corrected chi connectivity index (χ3v) is 5.08. The Morgan fingerprint density at radius 3 is 2.58 bits per heavy atom. The van der Waals surface area contributed by atoms with Gasteiger partial charge in [0.15, 0.2) is 0 Å². The lowest BCUT2D eigenvalue weighted by Gasteiger charge is -2.38. The van der Waals surface area contributed by atoms with Crippen molar-refractivity contribution in [2.45, 2.75) is 44.1 Å². The van der Waals surface area contributed by atoms with E-state index in [0.29, 0.717) is 0 Å². The summed E-state index contributed by atoms with van der Waals surface area (Å²) in [4.78, 5) is 2.73. The standard InChI is InChI=1S/C17H26N2/c18-12-14-10-11-19(13-14)17-9-5-4-8-16(17)15-6-2-1-3-7-15/h1-3,6-7,14,16-17H,4-5,8-13,18H2. The van der Waals surface area contributed by atoms with Crippen LogP contribution < -0.4 is 5.73 Å². The molecule has 0 amide bonds. The molecule has 2 heteroatoms. The van der Waals surface area contributed by atoms with Crippen molar-refractivity contribution in [3.8, 4) is 0 Å². The number of nitrogens with two attached hydrogens (primary N) is 1. The molecule has 104 valence electrons. The lowest BCUT2D eigenvalue weighted by Crippen LogP contribution is -2.40. The van der Waals surface area contributed by atoms with Crippen LogP contribution in [0.25, 0.3) is 0 Å². The van der Waals surface area contributed by atoms with Crippen molar-refractivity contribution in [1.29, 1.82) is 0 Å². The van der Waals surface area contributed by atoms with Crippen molar-refractivity contribution in [2.75, 3.05) is 19.6 Å². The lowest BCUT2D eigenvalue weighted by atomic mass is 9.79. The van der Waals surface area contributed by atoms with E-state index in [9.17, 15) is 0 Å². The van der Waals surface area contributed by atoms with Gasteiger partial charge in [0.25, 0.3) is 0 Å². The van der Waals surface area contributed by atoms with Crippen LogP contribution in [0.4, 0.5) is 0 Å². The number of hydrogen-bond donors (Lipinski definition) is 1. The van der Waals surface area contributed by atoms with Crippen molar-refractivity contribution < 1.29 is 0 Å². The van der Waals surface area contributed by atoms with Gasteiger partial charge in [-0.3, -0.25) is 4.90 Å². The first-order valence-corrected chi connectivity index (χ1v) is 7.87. The number of nitrogens with zero attached hydrogens (tertiary/aromatic N) is 1. The van der Waals surface area contributed by atoms with E-state index in [4.69, 9.17) is 5.73 Å². The molecule has 1 heterocycles. The number of hydrogen-bond acceptors (Lipinski definition) is 2. The van der Waals surface area contributed by atoms with Gasteiger partial charge in [0.2, 0.25) is 0 Å². The van der Waals surface area contributed by atoms with Crippen LogP contribution in [0.15, 0.2) is 30.3 Å². The summed E-state index contributed by atoms with van der Waals surface area (Å²) >= 11 is 0. The SMILES string of the molecule is NCC1CCN(C2CCCCC2c2ccccc2)C1. The highest BCUT2D eigenvalue weighted by molar-refractivity contribution is 5.22. The molecule has 1 saturated heterocycles. The lowest BCUT2D eigenvalue weighted by molar-refractivity contribution is 0.161. The third kappa shape index (κ3) is 2.85. The molecule has 0 aromatic heterocycles. The van der Waals surface area contributed by atoms with E-state index in [1.54, 1.807) is 5.56 Å². The van der Waals surface area contributed by atoms with Crippen molar-refractivity contribution in [3.05, 3.63) is 35.9 Å². The molecule has 1 saturated carbocycles. The molecule has 0 spiro atoms. The zero-order valence-corrected chi connectivity index (χ0v) is 11.8. The van der Waals surface area contributed by atoms with Gasteiger partial charge in [0.1, 0.15) is 0 Å². The minimum absolute atomic E-state index is 0.735. The van der Waals surface area contributed by atoms with E-state index in [2.05, 4.69) is 35.2 Å². The van der Waals surface area contributed by atoms with Gasteiger partial charge in [-0.05, 0) is 49.8 Å². The van der Waals surface area contributed by atoms with Gasteiger partial charge in [0.05, 0.1) is 0 Å². The molecule has 19 heavy (non-hydrogen) atoms. The Bertz CT molecular complexity index is 390. The first-order valence-electron chi connectivity index (χ1n) is 7.87. The fourth-order valence-corrected chi connectivity index (χ4v) is 3.99. The Hall–Kier alpha value is -0.860. The highest BCUT2D eigenvalue weighted by Gasteiger charge is 2.34. The van der Waals surface area contributed by atoms with E-state index >= 15 is 0 Å². The zero-order chi connectivity index (χ0) is 13.1. The minimum atomic E-state index is 0.735. The molecule has 1 aromatic rings. The van der Waals surface area contributed by atoms with Crippen LogP contribution in [-0.2, 0) is 0 Å². The molecule has 2 aliphatic rings. The molecule has 1 aliphatic heterocycles. The van der Waals surface area contributed by atoms with E-state index in [1.165, 1.54) is 45.2 Å². The molecule has 2 fully saturated rings. The molecule has 3 atom stereocenters. The summed E-state index contributed by atoms with van der Waals surface area (Å²) in [6.07, 6.45) is 6.83. The van der Waals surface area contributed by atoms with Gasteiger partial charge >= 0.3 is 0 Å². The molecule has 3 unspecified atom stereocenters. The number of likely N-dealkylation sites (tertiary alicyclic amines) is 1. The van der Waals surface area contributed by atoms with Crippen LogP contribution in [0.2, 0.25) is 0 Å². The van der Waals surface area contributed by atoms with Gasteiger partial charge in [-0.25, -0.2) is 0 Å². The Labute approximate surface area is 117 Å². The molecule has 2 N–H and O–H groups in total. The average molecular weight is 258 g/mol. The first kappa shape index (κ1) is 13.1. The van der Waals surface area contributed by atoms with Crippen LogP contribution in [0, 0.1) is 5.92 Å².